The predicted molar refractivity (Wildman–Crippen MR) is 160 cm³/mol. The molecule has 0 saturated carbocycles. The van der Waals surface area contributed by atoms with Crippen LogP contribution in [-0.4, -0.2) is 50.5 Å². The van der Waals surface area contributed by atoms with Crippen LogP contribution in [0.25, 0.3) is 0 Å². The summed E-state index contributed by atoms with van der Waals surface area (Å²) in [5, 5.41) is 2.98. The summed E-state index contributed by atoms with van der Waals surface area (Å²) in [5.74, 6) is -0.527. The Balaban J connectivity index is 2.05. The zero-order chi connectivity index (χ0) is 28.6. The third kappa shape index (κ3) is 8.93. The van der Waals surface area contributed by atoms with Gasteiger partial charge in [0.2, 0.25) is 21.8 Å². The molecule has 0 heterocycles. The predicted octanol–water partition coefficient (Wildman–Crippen LogP) is 4.94. The zero-order valence-electron chi connectivity index (χ0n) is 22.8. The van der Waals surface area contributed by atoms with Gasteiger partial charge >= 0.3 is 0 Å². The number of amides is 2. The molecule has 3 aromatic rings. The third-order valence-corrected chi connectivity index (χ3v) is 8.03. The number of aryl methyl sites for hydroxylation is 1. The van der Waals surface area contributed by atoms with E-state index in [-0.39, 0.29) is 24.8 Å². The molecule has 7 nitrogen and oxygen atoms in total. The number of benzene rings is 3. The fourth-order valence-electron chi connectivity index (χ4n) is 4.12. The van der Waals surface area contributed by atoms with Crippen molar-refractivity contribution in [3.05, 3.63) is 100 Å². The fourth-order valence-corrected chi connectivity index (χ4v) is 5.59. The van der Waals surface area contributed by atoms with Crippen molar-refractivity contribution < 1.29 is 18.0 Å². The highest BCUT2D eigenvalue weighted by Crippen LogP contribution is 2.28. The summed E-state index contributed by atoms with van der Waals surface area (Å²) >= 11 is 3.41. The van der Waals surface area contributed by atoms with Crippen molar-refractivity contribution in [2.45, 2.75) is 39.8 Å². The number of anilines is 1. The van der Waals surface area contributed by atoms with Crippen LogP contribution in [0.4, 0.5) is 5.69 Å². The number of hydrogen-bond acceptors (Lipinski definition) is 4. The van der Waals surface area contributed by atoms with Gasteiger partial charge in [-0.05, 0) is 52.0 Å². The topological polar surface area (TPSA) is 86.8 Å². The molecule has 3 aromatic carbocycles. The molecule has 0 aliphatic heterocycles. The van der Waals surface area contributed by atoms with Crippen molar-refractivity contribution >= 4 is 43.5 Å². The van der Waals surface area contributed by atoms with Crippen LogP contribution in [0.15, 0.2) is 83.3 Å². The van der Waals surface area contributed by atoms with E-state index >= 15 is 0 Å². The van der Waals surface area contributed by atoms with E-state index in [4.69, 9.17) is 0 Å². The molecule has 1 N–H and O–H groups in total. The summed E-state index contributed by atoms with van der Waals surface area (Å²) in [4.78, 5) is 29.2. The Kier molecular flexibility index (Phi) is 10.7. The molecular weight excluding hydrogens is 578 g/mol. The summed E-state index contributed by atoms with van der Waals surface area (Å²) < 4.78 is 27.4. The molecular formula is C30H36BrN3O4S. The van der Waals surface area contributed by atoms with Gasteiger partial charge in [0.25, 0.3) is 0 Å². The Bertz CT molecular complexity index is 1360. The molecule has 1 atom stereocenters. The smallest absolute Gasteiger partial charge is 0.244 e. The summed E-state index contributed by atoms with van der Waals surface area (Å²) in [6, 6.07) is 23.3. The average Bonchev–Trinajstić information content (AvgIpc) is 2.89. The summed E-state index contributed by atoms with van der Waals surface area (Å²) in [5.41, 5.74) is 3.17. The van der Waals surface area contributed by atoms with Crippen LogP contribution in [0.1, 0.15) is 30.5 Å². The van der Waals surface area contributed by atoms with Gasteiger partial charge < -0.3 is 10.2 Å². The monoisotopic (exact) mass is 613 g/mol. The highest BCUT2D eigenvalue weighted by atomic mass is 79.9. The molecule has 0 aromatic heterocycles. The number of carbonyl (C=O) groups is 2. The van der Waals surface area contributed by atoms with Crippen molar-refractivity contribution in [1.29, 1.82) is 0 Å². The number of sulfonamides is 1. The first-order chi connectivity index (χ1) is 18.5. The van der Waals surface area contributed by atoms with Crippen molar-refractivity contribution in [2.24, 2.45) is 5.92 Å². The van der Waals surface area contributed by atoms with Crippen molar-refractivity contribution in [3.63, 3.8) is 0 Å². The molecule has 9 heteroatoms. The SMILES string of the molecule is Cc1ccc(CN(C(=O)CN(c2ccccc2Br)S(C)(=O)=O)C(Cc2ccccc2)C(=O)NCC(C)C)cc1. The van der Waals surface area contributed by atoms with Crippen LogP contribution in [0, 0.1) is 12.8 Å². The Morgan fingerprint density at radius 2 is 1.51 bits per heavy atom. The number of nitrogens with one attached hydrogen (secondary N) is 1. The highest BCUT2D eigenvalue weighted by Gasteiger charge is 2.33. The molecule has 39 heavy (non-hydrogen) atoms. The maximum atomic E-state index is 14.1. The number of nitrogens with zero attached hydrogens (tertiary/aromatic N) is 2. The lowest BCUT2D eigenvalue weighted by molar-refractivity contribution is -0.140. The minimum Gasteiger partial charge on any atom is -0.354 e. The largest absolute Gasteiger partial charge is 0.354 e. The molecule has 0 spiro atoms. The minimum atomic E-state index is -3.82. The van der Waals surface area contributed by atoms with Crippen LogP contribution in [0.3, 0.4) is 0 Å². The lowest BCUT2D eigenvalue weighted by Gasteiger charge is -2.34. The van der Waals surface area contributed by atoms with Gasteiger partial charge in [-0.3, -0.25) is 13.9 Å². The normalized spacial score (nSPS) is 12.2. The molecule has 3 rings (SSSR count). The first-order valence-electron chi connectivity index (χ1n) is 12.8. The standard InChI is InChI=1S/C30H36BrN3O4S/c1-22(2)19-32-30(36)28(18-24-10-6-5-7-11-24)33(20-25-16-14-23(3)15-17-25)29(35)21-34(39(4,37)38)27-13-9-8-12-26(27)31/h5-17,22,28H,18-21H2,1-4H3,(H,32,36). The fraction of sp³-hybridized carbons (Fsp3) is 0.333. The van der Waals surface area contributed by atoms with Gasteiger partial charge in [-0.25, -0.2) is 8.42 Å². The van der Waals surface area contributed by atoms with Gasteiger partial charge in [-0.15, -0.1) is 0 Å². The first kappa shape index (κ1) is 30.4. The van der Waals surface area contributed by atoms with E-state index in [1.54, 1.807) is 24.3 Å². The van der Waals surface area contributed by atoms with Crippen LogP contribution in [-0.2, 0) is 32.6 Å². The van der Waals surface area contributed by atoms with E-state index in [1.807, 2.05) is 75.4 Å². The van der Waals surface area contributed by atoms with Gasteiger partial charge in [0.05, 0.1) is 11.9 Å². The molecule has 0 bridgehead atoms. The van der Waals surface area contributed by atoms with Crippen LogP contribution in [0.2, 0.25) is 0 Å². The molecule has 2 amide bonds. The Labute approximate surface area is 240 Å². The van der Waals surface area contributed by atoms with E-state index in [0.29, 0.717) is 16.7 Å². The lowest BCUT2D eigenvalue weighted by atomic mass is 10.0. The Morgan fingerprint density at radius 1 is 0.897 bits per heavy atom. The number of para-hydroxylation sites is 1. The van der Waals surface area contributed by atoms with Crippen molar-refractivity contribution in [1.82, 2.24) is 10.2 Å². The minimum absolute atomic E-state index is 0.152. The van der Waals surface area contributed by atoms with Crippen LogP contribution in [0.5, 0.6) is 0 Å². The summed E-state index contributed by atoms with van der Waals surface area (Å²) in [7, 11) is -3.82. The quantitative estimate of drug-likeness (QED) is 0.314. The maximum absolute atomic E-state index is 14.1. The number of carbonyl (C=O) groups excluding carboxylic acids is 2. The van der Waals surface area contributed by atoms with Gasteiger partial charge in [0.15, 0.2) is 0 Å². The van der Waals surface area contributed by atoms with E-state index in [2.05, 4.69) is 21.2 Å². The van der Waals surface area contributed by atoms with Crippen molar-refractivity contribution in [2.75, 3.05) is 23.7 Å². The number of hydrogen-bond donors (Lipinski definition) is 1. The van der Waals surface area contributed by atoms with Gasteiger partial charge in [-0.2, -0.15) is 0 Å². The third-order valence-electron chi connectivity index (χ3n) is 6.23. The van der Waals surface area contributed by atoms with E-state index in [9.17, 15) is 18.0 Å². The van der Waals surface area contributed by atoms with Crippen LogP contribution < -0.4 is 9.62 Å². The van der Waals surface area contributed by atoms with Crippen LogP contribution >= 0.6 is 15.9 Å². The maximum Gasteiger partial charge on any atom is 0.244 e. The second kappa shape index (κ2) is 13.8. The lowest BCUT2D eigenvalue weighted by Crippen LogP contribution is -2.53. The van der Waals surface area contributed by atoms with E-state index < -0.39 is 28.5 Å². The van der Waals surface area contributed by atoms with Gasteiger partial charge in [0, 0.05) is 24.0 Å². The molecule has 0 aliphatic rings. The Morgan fingerprint density at radius 3 is 2.10 bits per heavy atom. The summed E-state index contributed by atoms with van der Waals surface area (Å²) in [6.07, 6.45) is 1.36. The molecule has 0 radical (unpaired) electrons. The van der Waals surface area contributed by atoms with E-state index in [0.717, 1.165) is 27.3 Å². The summed E-state index contributed by atoms with van der Waals surface area (Å²) in [6.45, 7) is 6.15. The Hall–Kier alpha value is -3.17. The van der Waals surface area contributed by atoms with Gasteiger partial charge in [0.1, 0.15) is 12.6 Å². The number of halogens is 1. The van der Waals surface area contributed by atoms with Crippen molar-refractivity contribution in [3.8, 4) is 0 Å². The molecule has 0 aliphatic carbocycles. The number of rotatable bonds is 12. The average molecular weight is 615 g/mol. The molecule has 208 valence electrons. The molecule has 0 saturated heterocycles. The highest BCUT2D eigenvalue weighted by molar-refractivity contribution is 9.10. The second-order valence-corrected chi connectivity index (χ2v) is 12.8. The van der Waals surface area contributed by atoms with E-state index in [1.165, 1.54) is 4.90 Å². The molecule has 0 fully saturated rings. The first-order valence-corrected chi connectivity index (χ1v) is 15.5. The van der Waals surface area contributed by atoms with Gasteiger partial charge in [-0.1, -0.05) is 86.1 Å². The second-order valence-electron chi connectivity index (χ2n) is 10.1. The molecule has 1 unspecified atom stereocenters. The zero-order valence-corrected chi connectivity index (χ0v) is 25.2.